The van der Waals surface area contributed by atoms with Gasteiger partial charge in [0.15, 0.2) is 5.82 Å². The van der Waals surface area contributed by atoms with Crippen LogP contribution in [0.25, 0.3) is 0 Å². The zero-order chi connectivity index (χ0) is 11.0. The Morgan fingerprint density at radius 2 is 2.12 bits per heavy atom. The summed E-state index contributed by atoms with van der Waals surface area (Å²) in [5, 5.41) is 7.99. The molecular formula is C12H12ClN3. The summed E-state index contributed by atoms with van der Waals surface area (Å²) in [5.41, 5.74) is 1.09. The van der Waals surface area contributed by atoms with E-state index in [-0.39, 0.29) is 0 Å². The van der Waals surface area contributed by atoms with Gasteiger partial charge in [-0.1, -0.05) is 29.8 Å². The fraction of sp³-hybridized carbons (Fsp3) is 0.333. The van der Waals surface area contributed by atoms with E-state index in [0.717, 1.165) is 28.7 Å². The van der Waals surface area contributed by atoms with Gasteiger partial charge < -0.3 is 0 Å². The number of benzene rings is 1. The number of nitrogens with one attached hydrogen (secondary N) is 1. The Labute approximate surface area is 98.9 Å². The predicted octanol–water partition coefficient (Wildman–Crippen LogP) is 2.93. The Balaban J connectivity index is 1.80. The van der Waals surface area contributed by atoms with Crippen LogP contribution in [-0.4, -0.2) is 15.2 Å². The molecule has 1 N–H and O–H groups in total. The average Bonchev–Trinajstić information content (AvgIpc) is 3.03. The Bertz CT molecular complexity index is 502. The van der Waals surface area contributed by atoms with E-state index in [4.69, 9.17) is 11.6 Å². The van der Waals surface area contributed by atoms with E-state index in [0.29, 0.717) is 5.92 Å². The highest BCUT2D eigenvalue weighted by atomic mass is 35.5. The third-order valence-electron chi connectivity index (χ3n) is 2.81. The van der Waals surface area contributed by atoms with Crippen molar-refractivity contribution in [3.05, 3.63) is 46.5 Å². The molecule has 1 aliphatic rings. The Morgan fingerprint density at radius 3 is 2.88 bits per heavy atom. The lowest BCUT2D eigenvalue weighted by Gasteiger charge is -1.99. The highest BCUT2D eigenvalue weighted by molar-refractivity contribution is 6.31. The van der Waals surface area contributed by atoms with Gasteiger partial charge >= 0.3 is 0 Å². The van der Waals surface area contributed by atoms with Crippen molar-refractivity contribution < 1.29 is 0 Å². The van der Waals surface area contributed by atoms with E-state index in [1.54, 1.807) is 0 Å². The number of aromatic nitrogens is 3. The zero-order valence-electron chi connectivity index (χ0n) is 8.78. The zero-order valence-corrected chi connectivity index (χ0v) is 9.54. The fourth-order valence-electron chi connectivity index (χ4n) is 1.74. The monoisotopic (exact) mass is 233 g/mol. The first-order chi connectivity index (χ1) is 7.83. The van der Waals surface area contributed by atoms with Gasteiger partial charge in [0, 0.05) is 17.4 Å². The van der Waals surface area contributed by atoms with Crippen LogP contribution in [0.4, 0.5) is 0 Å². The summed E-state index contributed by atoms with van der Waals surface area (Å²) in [7, 11) is 0. The smallest absolute Gasteiger partial charge is 0.153 e. The minimum absolute atomic E-state index is 0.594. The maximum Gasteiger partial charge on any atom is 0.153 e. The van der Waals surface area contributed by atoms with Gasteiger partial charge in [-0.3, -0.25) is 5.10 Å². The van der Waals surface area contributed by atoms with E-state index in [2.05, 4.69) is 15.2 Å². The Morgan fingerprint density at radius 1 is 1.31 bits per heavy atom. The third-order valence-corrected chi connectivity index (χ3v) is 3.18. The lowest BCUT2D eigenvalue weighted by molar-refractivity contribution is 0.932. The molecule has 0 bridgehead atoms. The number of aromatic amines is 1. The van der Waals surface area contributed by atoms with Crippen LogP contribution in [-0.2, 0) is 6.42 Å². The van der Waals surface area contributed by atoms with Gasteiger partial charge in [0.05, 0.1) is 0 Å². The molecule has 16 heavy (non-hydrogen) atoms. The molecule has 0 unspecified atom stereocenters. The number of hydrogen-bond acceptors (Lipinski definition) is 2. The normalized spacial score (nSPS) is 15.3. The van der Waals surface area contributed by atoms with Crippen molar-refractivity contribution in [1.29, 1.82) is 0 Å². The molecule has 0 aliphatic heterocycles. The molecule has 0 atom stereocenters. The SMILES string of the molecule is Clc1ccccc1Cc1nc(C2CC2)n[nH]1. The molecule has 4 heteroatoms. The number of H-pyrrole nitrogens is 1. The van der Waals surface area contributed by atoms with Crippen molar-refractivity contribution in [3.63, 3.8) is 0 Å². The number of halogens is 1. The van der Waals surface area contributed by atoms with E-state index >= 15 is 0 Å². The van der Waals surface area contributed by atoms with E-state index in [1.165, 1.54) is 12.8 Å². The topological polar surface area (TPSA) is 41.6 Å². The van der Waals surface area contributed by atoms with Crippen LogP contribution in [0.5, 0.6) is 0 Å². The highest BCUT2D eigenvalue weighted by Gasteiger charge is 2.27. The lowest BCUT2D eigenvalue weighted by Crippen LogP contribution is -1.92. The van der Waals surface area contributed by atoms with E-state index in [1.807, 2.05) is 24.3 Å². The summed E-state index contributed by atoms with van der Waals surface area (Å²) in [6, 6.07) is 7.83. The van der Waals surface area contributed by atoms with Crippen molar-refractivity contribution in [3.8, 4) is 0 Å². The van der Waals surface area contributed by atoms with Gasteiger partial charge in [-0.15, -0.1) is 0 Å². The first-order valence-corrected chi connectivity index (χ1v) is 5.85. The molecule has 1 saturated carbocycles. The standard InChI is InChI=1S/C12H12ClN3/c13-10-4-2-1-3-9(10)7-11-14-12(16-15-11)8-5-6-8/h1-4,8H,5-7H2,(H,14,15,16). The van der Waals surface area contributed by atoms with Gasteiger partial charge in [0.2, 0.25) is 0 Å². The van der Waals surface area contributed by atoms with Crippen molar-refractivity contribution in [2.45, 2.75) is 25.2 Å². The van der Waals surface area contributed by atoms with Gasteiger partial charge in [-0.2, -0.15) is 5.10 Å². The van der Waals surface area contributed by atoms with Crippen LogP contribution in [0.1, 0.15) is 36.0 Å². The van der Waals surface area contributed by atoms with Gasteiger partial charge in [0.25, 0.3) is 0 Å². The maximum atomic E-state index is 6.09. The van der Waals surface area contributed by atoms with Crippen molar-refractivity contribution >= 4 is 11.6 Å². The summed E-state index contributed by atoms with van der Waals surface area (Å²) < 4.78 is 0. The Kier molecular flexibility index (Phi) is 2.40. The van der Waals surface area contributed by atoms with Gasteiger partial charge in [-0.05, 0) is 24.5 Å². The molecule has 1 aromatic heterocycles. The molecule has 3 nitrogen and oxygen atoms in total. The first kappa shape index (κ1) is 9.85. The second-order valence-electron chi connectivity index (χ2n) is 4.18. The van der Waals surface area contributed by atoms with Crippen molar-refractivity contribution in [1.82, 2.24) is 15.2 Å². The molecule has 0 amide bonds. The molecular weight excluding hydrogens is 222 g/mol. The van der Waals surface area contributed by atoms with Crippen LogP contribution in [0, 0.1) is 0 Å². The second kappa shape index (κ2) is 3.91. The Hall–Kier alpha value is -1.35. The molecule has 1 fully saturated rings. The number of nitrogens with zero attached hydrogens (tertiary/aromatic N) is 2. The number of hydrogen-bond donors (Lipinski definition) is 1. The molecule has 3 rings (SSSR count). The van der Waals surface area contributed by atoms with Crippen LogP contribution in [0.15, 0.2) is 24.3 Å². The minimum Gasteiger partial charge on any atom is -0.263 e. The minimum atomic E-state index is 0.594. The molecule has 0 spiro atoms. The van der Waals surface area contributed by atoms with Gasteiger partial charge in [0.1, 0.15) is 5.82 Å². The fourth-order valence-corrected chi connectivity index (χ4v) is 1.94. The molecule has 1 aliphatic carbocycles. The predicted molar refractivity (Wildman–Crippen MR) is 62.6 cm³/mol. The second-order valence-corrected chi connectivity index (χ2v) is 4.59. The maximum absolute atomic E-state index is 6.09. The molecule has 0 radical (unpaired) electrons. The molecule has 1 heterocycles. The summed E-state index contributed by atoms with van der Waals surface area (Å²) in [6.45, 7) is 0. The van der Waals surface area contributed by atoms with Crippen molar-refractivity contribution in [2.75, 3.05) is 0 Å². The quantitative estimate of drug-likeness (QED) is 0.886. The average molecular weight is 234 g/mol. The summed E-state index contributed by atoms with van der Waals surface area (Å²) >= 11 is 6.09. The summed E-state index contributed by atoms with van der Waals surface area (Å²) in [5.74, 6) is 2.45. The number of rotatable bonds is 3. The molecule has 0 saturated heterocycles. The summed E-state index contributed by atoms with van der Waals surface area (Å²) in [6.07, 6.45) is 3.17. The molecule has 1 aromatic carbocycles. The summed E-state index contributed by atoms with van der Waals surface area (Å²) in [4.78, 5) is 4.48. The van der Waals surface area contributed by atoms with Crippen molar-refractivity contribution in [2.24, 2.45) is 0 Å². The van der Waals surface area contributed by atoms with Crippen LogP contribution in [0.3, 0.4) is 0 Å². The van der Waals surface area contributed by atoms with Gasteiger partial charge in [-0.25, -0.2) is 4.98 Å². The highest BCUT2D eigenvalue weighted by Crippen LogP contribution is 2.37. The third kappa shape index (κ3) is 1.95. The van der Waals surface area contributed by atoms with Crippen LogP contribution < -0.4 is 0 Å². The van der Waals surface area contributed by atoms with Crippen LogP contribution in [0.2, 0.25) is 5.02 Å². The lowest BCUT2D eigenvalue weighted by atomic mass is 10.1. The first-order valence-electron chi connectivity index (χ1n) is 5.47. The van der Waals surface area contributed by atoms with Crippen LogP contribution >= 0.6 is 11.6 Å². The van der Waals surface area contributed by atoms with E-state index in [9.17, 15) is 0 Å². The molecule has 2 aromatic rings. The largest absolute Gasteiger partial charge is 0.263 e. The van der Waals surface area contributed by atoms with E-state index < -0.39 is 0 Å². The molecule has 82 valence electrons.